The lowest BCUT2D eigenvalue weighted by atomic mass is 10.0. The Morgan fingerprint density at radius 2 is 2.30 bits per heavy atom. The second kappa shape index (κ2) is 5.66. The first-order valence-electron chi connectivity index (χ1n) is 7.09. The number of carbonyl (C=O) groups excluding carboxylic acids is 1. The molecule has 0 aromatic heterocycles. The molecule has 1 saturated heterocycles. The van der Waals surface area contributed by atoms with Crippen LogP contribution in [0.5, 0.6) is 0 Å². The van der Waals surface area contributed by atoms with E-state index in [2.05, 4.69) is 22.8 Å². The first-order valence-corrected chi connectivity index (χ1v) is 8.24. The molecule has 2 amide bonds. The van der Waals surface area contributed by atoms with Gasteiger partial charge in [0.15, 0.2) is 0 Å². The molecule has 108 valence electrons. The van der Waals surface area contributed by atoms with Crippen LogP contribution in [0.3, 0.4) is 0 Å². The molecule has 2 aliphatic rings. The molecule has 1 aromatic rings. The number of carbonyl (C=O) groups is 1. The van der Waals surface area contributed by atoms with Crippen LogP contribution in [-0.2, 0) is 6.42 Å². The molecule has 3 rings (SSSR count). The van der Waals surface area contributed by atoms with Crippen LogP contribution in [0.25, 0.3) is 0 Å². The first kappa shape index (κ1) is 13.8. The van der Waals surface area contributed by atoms with Gasteiger partial charge >= 0.3 is 6.03 Å². The van der Waals surface area contributed by atoms with Crippen LogP contribution < -0.4 is 10.6 Å². The number of rotatable bonds is 3. The Balaban J connectivity index is 1.53. The fourth-order valence-electron chi connectivity index (χ4n) is 2.90. The number of aryl methyl sites for hydroxylation is 1. The van der Waals surface area contributed by atoms with E-state index in [0.717, 1.165) is 25.0 Å². The van der Waals surface area contributed by atoms with Gasteiger partial charge in [-0.25, -0.2) is 4.79 Å². The summed E-state index contributed by atoms with van der Waals surface area (Å²) < 4.78 is 0. The summed E-state index contributed by atoms with van der Waals surface area (Å²) in [5.41, 5.74) is 1.82. The van der Waals surface area contributed by atoms with Crippen LogP contribution >= 0.6 is 11.8 Å². The van der Waals surface area contributed by atoms with Crippen molar-refractivity contribution in [1.29, 1.82) is 0 Å². The number of benzene rings is 1. The molecule has 0 spiro atoms. The molecule has 0 saturated carbocycles. The summed E-state index contributed by atoms with van der Waals surface area (Å²) in [5.74, 6) is 1.68. The number of fused-ring (bicyclic) bond motifs is 1. The Kier molecular flexibility index (Phi) is 3.89. The van der Waals surface area contributed by atoms with Crippen LogP contribution in [-0.4, -0.2) is 34.8 Å². The van der Waals surface area contributed by atoms with Crippen LogP contribution in [0.1, 0.15) is 30.0 Å². The molecule has 1 aliphatic carbocycles. The predicted molar refractivity (Wildman–Crippen MR) is 80.9 cm³/mol. The smallest absolute Gasteiger partial charge is 0.315 e. The van der Waals surface area contributed by atoms with Gasteiger partial charge in [0.2, 0.25) is 0 Å². The number of urea groups is 1. The van der Waals surface area contributed by atoms with Crippen molar-refractivity contribution >= 4 is 17.8 Å². The van der Waals surface area contributed by atoms with Crippen molar-refractivity contribution in [1.82, 2.24) is 10.6 Å². The maximum absolute atomic E-state index is 12.0. The van der Waals surface area contributed by atoms with Crippen LogP contribution in [0.15, 0.2) is 24.3 Å². The number of nitrogens with one attached hydrogen (secondary N) is 2. The third-order valence-corrected chi connectivity index (χ3v) is 5.33. The summed E-state index contributed by atoms with van der Waals surface area (Å²) in [6.07, 6.45) is 2.72. The lowest BCUT2D eigenvalue weighted by Gasteiger charge is -2.22. The highest BCUT2D eigenvalue weighted by Crippen LogP contribution is 2.30. The molecule has 1 aromatic carbocycles. The molecule has 4 nitrogen and oxygen atoms in total. The minimum Gasteiger partial charge on any atom is -0.387 e. The predicted octanol–water partition coefficient (Wildman–Crippen LogP) is 1.84. The van der Waals surface area contributed by atoms with Crippen molar-refractivity contribution in [2.45, 2.75) is 30.9 Å². The highest BCUT2D eigenvalue weighted by molar-refractivity contribution is 7.99. The molecule has 1 aliphatic heterocycles. The lowest BCUT2D eigenvalue weighted by Crippen LogP contribution is -2.47. The van der Waals surface area contributed by atoms with Crippen LogP contribution in [0.4, 0.5) is 4.79 Å². The van der Waals surface area contributed by atoms with Crippen molar-refractivity contribution in [2.24, 2.45) is 0 Å². The molecule has 20 heavy (non-hydrogen) atoms. The highest BCUT2D eigenvalue weighted by Gasteiger charge is 2.32. The van der Waals surface area contributed by atoms with Crippen molar-refractivity contribution in [2.75, 3.05) is 18.1 Å². The zero-order valence-electron chi connectivity index (χ0n) is 11.4. The molecular formula is C15H20N2O2S. The fourth-order valence-corrected chi connectivity index (χ4v) is 4.19. The number of thioether (sulfide) groups is 1. The van der Waals surface area contributed by atoms with Gasteiger partial charge in [-0.15, -0.1) is 0 Å². The molecule has 2 atom stereocenters. The summed E-state index contributed by atoms with van der Waals surface area (Å²) in [5, 5.41) is 16.0. The third kappa shape index (κ3) is 2.94. The molecule has 1 heterocycles. The maximum Gasteiger partial charge on any atom is 0.315 e. The molecular weight excluding hydrogens is 272 g/mol. The van der Waals surface area contributed by atoms with Gasteiger partial charge in [-0.1, -0.05) is 24.3 Å². The Hall–Kier alpha value is -1.20. The van der Waals surface area contributed by atoms with Crippen molar-refractivity contribution in [3.05, 3.63) is 35.4 Å². The molecule has 0 bridgehead atoms. The Morgan fingerprint density at radius 1 is 1.45 bits per heavy atom. The van der Waals surface area contributed by atoms with E-state index in [1.54, 1.807) is 11.8 Å². The molecule has 5 heteroatoms. The van der Waals surface area contributed by atoms with E-state index in [1.807, 2.05) is 12.1 Å². The van der Waals surface area contributed by atoms with Gasteiger partial charge in [0, 0.05) is 12.3 Å². The van der Waals surface area contributed by atoms with E-state index >= 15 is 0 Å². The van der Waals surface area contributed by atoms with E-state index in [0.29, 0.717) is 12.3 Å². The van der Waals surface area contributed by atoms with Gasteiger partial charge in [-0.05, 0) is 36.1 Å². The SMILES string of the molecule is O=C(NCC1(O)CCSC1)NC1CCc2ccccc21. The summed E-state index contributed by atoms with van der Waals surface area (Å²) in [6.45, 7) is 0.334. The molecule has 0 radical (unpaired) electrons. The van der Waals surface area contributed by atoms with Gasteiger partial charge in [-0.2, -0.15) is 11.8 Å². The van der Waals surface area contributed by atoms with Crippen molar-refractivity contribution in [3.8, 4) is 0 Å². The van der Waals surface area contributed by atoms with Gasteiger partial charge < -0.3 is 15.7 Å². The summed E-state index contributed by atoms with van der Waals surface area (Å²) >= 11 is 1.73. The topological polar surface area (TPSA) is 61.4 Å². The van der Waals surface area contributed by atoms with E-state index in [4.69, 9.17) is 0 Å². The van der Waals surface area contributed by atoms with Crippen molar-refractivity contribution < 1.29 is 9.90 Å². The largest absolute Gasteiger partial charge is 0.387 e. The third-order valence-electron chi connectivity index (χ3n) is 4.10. The van der Waals surface area contributed by atoms with E-state index in [1.165, 1.54) is 11.1 Å². The van der Waals surface area contributed by atoms with Crippen molar-refractivity contribution in [3.63, 3.8) is 0 Å². The standard InChI is InChI=1S/C15H20N2O2S/c18-14(16-9-15(19)7-8-20-10-15)17-13-6-5-11-3-1-2-4-12(11)13/h1-4,13,19H,5-10H2,(H2,16,17,18). The van der Waals surface area contributed by atoms with Crippen LogP contribution in [0, 0.1) is 0 Å². The normalized spacial score (nSPS) is 28.1. The second-order valence-corrected chi connectivity index (χ2v) is 6.75. The minimum atomic E-state index is -0.727. The van der Waals surface area contributed by atoms with E-state index in [-0.39, 0.29) is 12.1 Å². The number of hydrogen-bond donors (Lipinski definition) is 3. The zero-order valence-corrected chi connectivity index (χ0v) is 12.2. The zero-order chi connectivity index (χ0) is 14.0. The van der Waals surface area contributed by atoms with E-state index < -0.39 is 5.60 Å². The van der Waals surface area contributed by atoms with Gasteiger partial charge in [-0.3, -0.25) is 0 Å². The summed E-state index contributed by atoms with van der Waals surface area (Å²) in [6, 6.07) is 8.15. The second-order valence-electron chi connectivity index (χ2n) is 5.64. The fraction of sp³-hybridized carbons (Fsp3) is 0.533. The van der Waals surface area contributed by atoms with Crippen LogP contribution in [0.2, 0.25) is 0 Å². The quantitative estimate of drug-likeness (QED) is 0.796. The van der Waals surface area contributed by atoms with Gasteiger partial charge in [0.25, 0.3) is 0 Å². The van der Waals surface area contributed by atoms with Gasteiger partial charge in [0.05, 0.1) is 11.6 Å². The monoisotopic (exact) mass is 292 g/mol. The minimum absolute atomic E-state index is 0.0961. The molecule has 3 N–H and O–H groups in total. The first-order chi connectivity index (χ1) is 9.66. The average molecular weight is 292 g/mol. The Bertz CT molecular complexity index is 500. The highest BCUT2D eigenvalue weighted by atomic mass is 32.2. The Morgan fingerprint density at radius 3 is 3.10 bits per heavy atom. The summed E-state index contributed by atoms with van der Waals surface area (Å²) in [7, 11) is 0. The number of aliphatic hydroxyl groups is 1. The molecule has 1 fully saturated rings. The van der Waals surface area contributed by atoms with E-state index in [9.17, 15) is 9.90 Å². The maximum atomic E-state index is 12.0. The average Bonchev–Trinajstić information content (AvgIpc) is 3.05. The van der Waals surface area contributed by atoms with Gasteiger partial charge in [0.1, 0.15) is 0 Å². The Labute approximate surface area is 123 Å². The number of hydrogen-bond acceptors (Lipinski definition) is 3. The number of amides is 2. The molecule has 2 unspecified atom stereocenters. The summed E-state index contributed by atoms with van der Waals surface area (Å²) in [4.78, 5) is 12.0. The lowest BCUT2D eigenvalue weighted by molar-refractivity contribution is 0.0698.